The molecular weight excluding hydrogens is 328 g/mol. The Kier molecular flexibility index (Phi) is 4.14. The van der Waals surface area contributed by atoms with E-state index in [1.807, 2.05) is 11.9 Å². The number of rotatable bonds is 4. The molecule has 5 rings (SSSR count). The highest BCUT2D eigenvalue weighted by Crippen LogP contribution is 2.33. The molecule has 1 aromatic heterocycles. The van der Waals surface area contributed by atoms with Gasteiger partial charge in [-0.15, -0.1) is 0 Å². The van der Waals surface area contributed by atoms with Crippen LogP contribution in [0.15, 0.2) is 24.3 Å². The zero-order valence-electron chi connectivity index (χ0n) is 14.6. The van der Waals surface area contributed by atoms with Gasteiger partial charge in [0.25, 0.3) is 0 Å². The molecule has 0 atom stereocenters. The monoisotopic (exact) mass is 352 g/mol. The molecule has 0 amide bonds. The summed E-state index contributed by atoms with van der Waals surface area (Å²) in [7, 11) is 0. The molecule has 1 aromatic carbocycles. The third-order valence-corrected chi connectivity index (χ3v) is 6.59. The lowest BCUT2D eigenvalue weighted by molar-refractivity contribution is 0.492. The van der Waals surface area contributed by atoms with Gasteiger partial charge in [-0.1, -0.05) is 30.1 Å². The van der Waals surface area contributed by atoms with Gasteiger partial charge in [0, 0.05) is 48.8 Å². The van der Waals surface area contributed by atoms with Crippen LogP contribution in [0.25, 0.3) is 11.3 Å². The van der Waals surface area contributed by atoms with Gasteiger partial charge in [-0.05, 0) is 43.7 Å². The smallest absolute Gasteiger partial charge is 0.226 e. The van der Waals surface area contributed by atoms with Gasteiger partial charge in [0.15, 0.2) is 0 Å². The first-order valence-corrected chi connectivity index (χ1v) is 10.4. The van der Waals surface area contributed by atoms with Crippen LogP contribution in [0.3, 0.4) is 0 Å². The summed E-state index contributed by atoms with van der Waals surface area (Å²) in [5.74, 6) is 2.21. The highest BCUT2D eigenvalue weighted by molar-refractivity contribution is 7.97. The Morgan fingerprint density at radius 2 is 1.96 bits per heavy atom. The van der Waals surface area contributed by atoms with Crippen molar-refractivity contribution in [3.05, 3.63) is 41.1 Å². The largest absolute Gasteiger partial charge is 0.341 e. The molecule has 0 saturated carbocycles. The molecule has 2 fully saturated rings. The number of benzene rings is 1. The van der Waals surface area contributed by atoms with Crippen LogP contribution in [0, 0.1) is 0 Å². The van der Waals surface area contributed by atoms with Crippen molar-refractivity contribution in [3.8, 4) is 11.3 Å². The molecule has 3 heterocycles. The zero-order valence-corrected chi connectivity index (χ0v) is 15.4. The van der Waals surface area contributed by atoms with Crippen LogP contribution in [-0.2, 0) is 19.4 Å². The van der Waals surface area contributed by atoms with E-state index >= 15 is 0 Å². The molecular formula is C20H24N4S. The molecule has 25 heavy (non-hydrogen) atoms. The Labute approximate surface area is 153 Å². The Morgan fingerprint density at radius 1 is 1.00 bits per heavy atom. The molecule has 0 N–H and O–H groups in total. The van der Waals surface area contributed by atoms with Crippen LogP contribution in [-0.4, -0.2) is 39.7 Å². The normalized spacial score (nSPS) is 19.9. The number of anilines is 1. The fourth-order valence-electron chi connectivity index (χ4n) is 3.96. The minimum absolute atomic E-state index is 0.947. The third kappa shape index (κ3) is 3.04. The Hall–Kier alpha value is -1.59. The topological polar surface area (TPSA) is 32.3 Å². The van der Waals surface area contributed by atoms with Gasteiger partial charge < -0.3 is 4.90 Å². The van der Waals surface area contributed by atoms with Crippen molar-refractivity contribution in [2.24, 2.45) is 0 Å². The van der Waals surface area contributed by atoms with Crippen LogP contribution >= 0.6 is 11.9 Å². The van der Waals surface area contributed by atoms with Gasteiger partial charge in [-0.25, -0.2) is 14.3 Å². The van der Waals surface area contributed by atoms with Crippen LogP contribution < -0.4 is 4.90 Å². The van der Waals surface area contributed by atoms with Gasteiger partial charge in [-0.3, -0.25) is 0 Å². The quantitative estimate of drug-likeness (QED) is 0.784. The van der Waals surface area contributed by atoms with Crippen molar-refractivity contribution in [3.63, 3.8) is 0 Å². The summed E-state index contributed by atoms with van der Waals surface area (Å²) in [6.45, 7) is 4.44. The summed E-state index contributed by atoms with van der Waals surface area (Å²) in [6, 6.07) is 9.01. The van der Waals surface area contributed by atoms with E-state index in [1.54, 1.807) is 0 Å². The van der Waals surface area contributed by atoms with E-state index in [1.165, 1.54) is 59.6 Å². The second-order valence-corrected chi connectivity index (χ2v) is 8.43. The Balaban J connectivity index is 1.50. The zero-order chi connectivity index (χ0) is 16.6. The minimum Gasteiger partial charge on any atom is -0.341 e. The Morgan fingerprint density at radius 3 is 2.76 bits per heavy atom. The molecule has 0 radical (unpaired) electrons. The highest BCUT2D eigenvalue weighted by atomic mass is 32.2. The second kappa shape index (κ2) is 6.61. The lowest BCUT2D eigenvalue weighted by atomic mass is 10.0. The summed E-state index contributed by atoms with van der Waals surface area (Å²) in [6.07, 6.45) is 6.01. The maximum atomic E-state index is 5.01. The van der Waals surface area contributed by atoms with Crippen molar-refractivity contribution in [2.75, 3.05) is 30.3 Å². The summed E-state index contributed by atoms with van der Waals surface area (Å²) in [4.78, 5) is 12.2. The second-order valence-electron chi connectivity index (χ2n) is 7.24. The van der Waals surface area contributed by atoms with E-state index < -0.39 is 0 Å². The van der Waals surface area contributed by atoms with E-state index in [9.17, 15) is 0 Å². The summed E-state index contributed by atoms with van der Waals surface area (Å²) in [5.41, 5.74) is 6.51. The van der Waals surface area contributed by atoms with Crippen LogP contribution in [0.2, 0.25) is 0 Å². The average Bonchev–Trinajstić information content (AvgIpc) is 3.24. The predicted octanol–water partition coefficient (Wildman–Crippen LogP) is 3.70. The van der Waals surface area contributed by atoms with Crippen LogP contribution in [0.5, 0.6) is 0 Å². The van der Waals surface area contributed by atoms with E-state index in [-0.39, 0.29) is 0 Å². The summed E-state index contributed by atoms with van der Waals surface area (Å²) >= 11 is 1.98. The third-order valence-electron chi connectivity index (χ3n) is 5.45. The number of nitrogens with zero attached hydrogens (tertiary/aromatic N) is 4. The van der Waals surface area contributed by atoms with E-state index in [0.717, 1.165) is 38.4 Å². The van der Waals surface area contributed by atoms with Gasteiger partial charge in [-0.2, -0.15) is 0 Å². The maximum absolute atomic E-state index is 5.01. The van der Waals surface area contributed by atoms with Crippen molar-refractivity contribution < 1.29 is 0 Å². The minimum atomic E-state index is 0.947. The van der Waals surface area contributed by atoms with Gasteiger partial charge in [0.05, 0.1) is 5.69 Å². The van der Waals surface area contributed by atoms with Gasteiger partial charge in [0.1, 0.15) is 0 Å². The molecule has 2 aromatic rings. The highest BCUT2D eigenvalue weighted by Gasteiger charge is 2.24. The first-order chi connectivity index (χ1) is 12.4. The fourth-order valence-corrected chi connectivity index (χ4v) is 4.98. The number of fused-ring (bicyclic) bond motifs is 1. The molecule has 3 aliphatic rings. The molecule has 1 aliphatic carbocycles. The molecule has 2 aliphatic heterocycles. The number of hydrogen-bond donors (Lipinski definition) is 0. The molecule has 0 bridgehead atoms. The number of aromatic nitrogens is 2. The van der Waals surface area contributed by atoms with E-state index in [0.29, 0.717) is 0 Å². The summed E-state index contributed by atoms with van der Waals surface area (Å²) < 4.78 is 2.48. The van der Waals surface area contributed by atoms with Gasteiger partial charge >= 0.3 is 0 Å². The molecule has 130 valence electrons. The first kappa shape index (κ1) is 15.6. The van der Waals surface area contributed by atoms with Crippen molar-refractivity contribution in [1.29, 1.82) is 0 Å². The van der Waals surface area contributed by atoms with Crippen LogP contribution in [0.4, 0.5) is 5.95 Å². The predicted molar refractivity (Wildman–Crippen MR) is 104 cm³/mol. The standard InChI is InChI=1S/C20H24N4S/c1-5-15(14-24-11-4-12-25-24)13-16(6-1)19-17-7-2-8-18(17)21-20(22-19)23-9-3-10-23/h1,5-6,13H,2-4,7-12,14H2. The average molecular weight is 353 g/mol. The van der Waals surface area contributed by atoms with E-state index in [2.05, 4.69) is 33.5 Å². The molecule has 4 nitrogen and oxygen atoms in total. The van der Waals surface area contributed by atoms with Crippen molar-refractivity contribution in [2.45, 2.75) is 38.6 Å². The molecule has 0 unspecified atom stereocenters. The molecule has 2 saturated heterocycles. The summed E-state index contributed by atoms with van der Waals surface area (Å²) in [5, 5.41) is 0. The van der Waals surface area contributed by atoms with E-state index in [4.69, 9.17) is 9.97 Å². The van der Waals surface area contributed by atoms with Gasteiger partial charge in [0.2, 0.25) is 5.95 Å². The number of aryl methyl sites for hydroxylation is 1. The fraction of sp³-hybridized carbons (Fsp3) is 0.500. The number of hydrogen-bond acceptors (Lipinski definition) is 5. The SMILES string of the molecule is c1cc(CN2CCCS2)cc(-c2nc(N3CCC3)nc3c2CCC3)c1. The van der Waals surface area contributed by atoms with Crippen molar-refractivity contribution in [1.82, 2.24) is 14.3 Å². The molecule has 5 heteroatoms. The van der Waals surface area contributed by atoms with Crippen molar-refractivity contribution >= 4 is 17.9 Å². The van der Waals surface area contributed by atoms with Crippen LogP contribution in [0.1, 0.15) is 36.1 Å². The lowest BCUT2D eigenvalue weighted by Crippen LogP contribution is -2.38. The maximum Gasteiger partial charge on any atom is 0.226 e. The first-order valence-electron chi connectivity index (χ1n) is 9.49. The molecule has 0 spiro atoms. The lowest BCUT2D eigenvalue weighted by Gasteiger charge is -2.31. The Bertz CT molecular complexity index is 781.